The van der Waals surface area contributed by atoms with Gasteiger partial charge < -0.3 is 15.4 Å². The van der Waals surface area contributed by atoms with E-state index in [0.29, 0.717) is 22.7 Å². The fourth-order valence-electron chi connectivity index (χ4n) is 3.48. The zero-order chi connectivity index (χ0) is 20.8. The van der Waals surface area contributed by atoms with Crippen LogP contribution in [0.1, 0.15) is 37.0 Å². The molecule has 1 fully saturated rings. The molecule has 2 aromatic carbocycles. The Hall–Kier alpha value is -2.86. The summed E-state index contributed by atoms with van der Waals surface area (Å²) in [5.41, 5.74) is 1.80. The van der Waals surface area contributed by atoms with Crippen LogP contribution in [-0.2, 0) is 4.79 Å². The number of amides is 2. The van der Waals surface area contributed by atoms with Gasteiger partial charge in [-0.05, 0) is 75.2 Å². The highest BCUT2D eigenvalue weighted by molar-refractivity contribution is 6.05. The molecule has 2 amide bonds. The van der Waals surface area contributed by atoms with Gasteiger partial charge in [-0.3, -0.25) is 14.5 Å². The van der Waals surface area contributed by atoms with Crippen molar-refractivity contribution in [1.29, 1.82) is 0 Å². The topological polar surface area (TPSA) is 70.7 Å². The van der Waals surface area contributed by atoms with Crippen LogP contribution in [0.25, 0.3) is 0 Å². The Morgan fingerprint density at radius 3 is 2.34 bits per heavy atom. The predicted molar refractivity (Wildman–Crippen MR) is 115 cm³/mol. The molecule has 0 spiro atoms. The van der Waals surface area contributed by atoms with E-state index in [1.165, 1.54) is 0 Å². The number of para-hydroxylation sites is 2. The van der Waals surface area contributed by atoms with Gasteiger partial charge in [0.2, 0.25) is 5.91 Å². The molecule has 0 unspecified atom stereocenters. The number of anilines is 2. The molecule has 2 N–H and O–H groups in total. The lowest BCUT2D eigenvalue weighted by molar-refractivity contribution is -0.121. The molecule has 2 aromatic rings. The van der Waals surface area contributed by atoms with E-state index in [4.69, 9.17) is 4.74 Å². The number of carbonyl (C=O) groups is 2. The summed E-state index contributed by atoms with van der Waals surface area (Å²) in [6, 6.07) is 14.0. The van der Waals surface area contributed by atoms with Crippen molar-refractivity contribution >= 4 is 23.2 Å². The monoisotopic (exact) mass is 395 g/mol. The van der Waals surface area contributed by atoms with Crippen LogP contribution in [0.3, 0.4) is 0 Å². The maximum absolute atomic E-state index is 12.6. The van der Waals surface area contributed by atoms with Crippen molar-refractivity contribution in [3.05, 3.63) is 54.1 Å². The van der Waals surface area contributed by atoms with Gasteiger partial charge in [0, 0.05) is 11.3 Å². The molecule has 154 valence electrons. The normalized spacial score (nSPS) is 16.1. The second-order valence-corrected chi connectivity index (χ2v) is 7.62. The fraction of sp³-hybridized carbons (Fsp3) is 0.391. The first-order chi connectivity index (χ1) is 14.0. The minimum Gasteiger partial charge on any atom is -0.495 e. The van der Waals surface area contributed by atoms with E-state index in [1.807, 2.05) is 19.1 Å². The molecule has 0 aromatic heterocycles. The van der Waals surface area contributed by atoms with E-state index >= 15 is 0 Å². The SMILES string of the molecule is COc1ccccc1NC(=O)c1ccc(NC(=O)[C@H](C)N2CCC(C)CC2)cc1. The van der Waals surface area contributed by atoms with Crippen molar-refractivity contribution in [2.45, 2.75) is 32.7 Å². The summed E-state index contributed by atoms with van der Waals surface area (Å²) < 4.78 is 5.26. The number of hydrogen-bond donors (Lipinski definition) is 2. The fourth-order valence-corrected chi connectivity index (χ4v) is 3.48. The van der Waals surface area contributed by atoms with Gasteiger partial charge in [-0.15, -0.1) is 0 Å². The van der Waals surface area contributed by atoms with Crippen molar-refractivity contribution in [2.75, 3.05) is 30.8 Å². The number of methoxy groups -OCH3 is 1. The summed E-state index contributed by atoms with van der Waals surface area (Å²) in [6.45, 7) is 6.11. The zero-order valence-corrected chi connectivity index (χ0v) is 17.3. The Bertz CT molecular complexity index is 843. The Labute approximate surface area is 172 Å². The number of likely N-dealkylation sites (tertiary alicyclic amines) is 1. The molecule has 0 bridgehead atoms. The van der Waals surface area contributed by atoms with Gasteiger partial charge >= 0.3 is 0 Å². The van der Waals surface area contributed by atoms with E-state index in [-0.39, 0.29) is 17.9 Å². The van der Waals surface area contributed by atoms with Crippen molar-refractivity contribution in [3.8, 4) is 5.75 Å². The van der Waals surface area contributed by atoms with Gasteiger partial charge in [0.05, 0.1) is 18.8 Å². The van der Waals surface area contributed by atoms with Crippen molar-refractivity contribution < 1.29 is 14.3 Å². The van der Waals surface area contributed by atoms with Crippen LogP contribution in [-0.4, -0.2) is 43.0 Å². The van der Waals surface area contributed by atoms with Crippen LogP contribution in [0.15, 0.2) is 48.5 Å². The van der Waals surface area contributed by atoms with E-state index in [2.05, 4.69) is 22.5 Å². The first-order valence-electron chi connectivity index (χ1n) is 10.1. The second kappa shape index (κ2) is 9.56. The molecule has 1 aliphatic heterocycles. The third-order valence-corrected chi connectivity index (χ3v) is 5.52. The molecule has 29 heavy (non-hydrogen) atoms. The molecule has 1 saturated heterocycles. The van der Waals surface area contributed by atoms with E-state index in [1.54, 1.807) is 43.5 Å². The maximum Gasteiger partial charge on any atom is 0.255 e. The third-order valence-electron chi connectivity index (χ3n) is 5.52. The van der Waals surface area contributed by atoms with Gasteiger partial charge in [0.25, 0.3) is 5.91 Å². The zero-order valence-electron chi connectivity index (χ0n) is 17.3. The lowest BCUT2D eigenvalue weighted by Crippen LogP contribution is -2.45. The number of piperidine rings is 1. The molecule has 3 rings (SSSR count). The molecule has 0 aliphatic carbocycles. The average Bonchev–Trinajstić information content (AvgIpc) is 2.74. The summed E-state index contributed by atoms with van der Waals surface area (Å²) in [6.07, 6.45) is 2.27. The Balaban J connectivity index is 1.58. The molecular formula is C23H29N3O3. The Kier molecular flexibility index (Phi) is 6.88. The van der Waals surface area contributed by atoms with Crippen LogP contribution < -0.4 is 15.4 Å². The number of benzene rings is 2. The van der Waals surface area contributed by atoms with Crippen LogP contribution in [0, 0.1) is 5.92 Å². The highest BCUT2D eigenvalue weighted by Gasteiger charge is 2.25. The van der Waals surface area contributed by atoms with Gasteiger partial charge in [0.1, 0.15) is 5.75 Å². The number of ether oxygens (including phenoxy) is 1. The molecule has 6 nitrogen and oxygen atoms in total. The van der Waals surface area contributed by atoms with Gasteiger partial charge in [-0.25, -0.2) is 0 Å². The largest absolute Gasteiger partial charge is 0.495 e. The maximum atomic E-state index is 12.6. The first kappa shape index (κ1) is 20.9. The number of carbonyl (C=O) groups excluding carboxylic acids is 2. The summed E-state index contributed by atoms with van der Waals surface area (Å²) in [4.78, 5) is 27.3. The lowest BCUT2D eigenvalue weighted by Gasteiger charge is -2.34. The number of nitrogens with zero attached hydrogens (tertiary/aromatic N) is 1. The van der Waals surface area contributed by atoms with E-state index in [9.17, 15) is 9.59 Å². The molecule has 1 heterocycles. The minimum absolute atomic E-state index is 0.0224. The van der Waals surface area contributed by atoms with Crippen LogP contribution >= 0.6 is 0 Å². The van der Waals surface area contributed by atoms with Gasteiger partial charge in [0.15, 0.2) is 0 Å². The highest BCUT2D eigenvalue weighted by Crippen LogP contribution is 2.24. The van der Waals surface area contributed by atoms with E-state index < -0.39 is 0 Å². The lowest BCUT2D eigenvalue weighted by atomic mass is 9.98. The molecule has 0 saturated carbocycles. The Morgan fingerprint density at radius 1 is 1.03 bits per heavy atom. The van der Waals surface area contributed by atoms with Crippen molar-refractivity contribution in [2.24, 2.45) is 5.92 Å². The Morgan fingerprint density at radius 2 is 1.69 bits per heavy atom. The number of hydrogen-bond acceptors (Lipinski definition) is 4. The minimum atomic E-state index is -0.233. The second-order valence-electron chi connectivity index (χ2n) is 7.62. The van der Waals surface area contributed by atoms with Crippen LogP contribution in [0.2, 0.25) is 0 Å². The van der Waals surface area contributed by atoms with E-state index in [0.717, 1.165) is 31.8 Å². The summed E-state index contributed by atoms with van der Waals surface area (Å²) >= 11 is 0. The average molecular weight is 396 g/mol. The standard InChI is InChI=1S/C23H29N3O3/c1-16-12-14-26(15-13-16)17(2)22(27)24-19-10-8-18(9-11-19)23(28)25-20-6-4-5-7-21(20)29-3/h4-11,16-17H,12-15H2,1-3H3,(H,24,27)(H,25,28)/t17-/m0/s1. The first-order valence-corrected chi connectivity index (χ1v) is 10.1. The van der Waals surface area contributed by atoms with Crippen LogP contribution in [0.5, 0.6) is 5.75 Å². The third kappa shape index (κ3) is 5.35. The molecule has 0 radical (unpaired) electrons. The predicted octanol–water partition coefficient (Wildman–Crippen LogP) is 4.01. The number of rotatable bonds is 6. The molecule has 1 aliphatic rings. The quantitative estimate of drug-likeness (QED) is 0.775. The summed E-state index contributed by atoms with van der Waals surface area (Å²) in [5.74, 6) is 1.08. The number of nitrogens with one attached hydrogen (secondary N) is 2. The van der Waals surface area contributed by atoms with Gasteiger partial charge in [-0.1, -0.05) is 19.1 Å². The van der Waals surface area contributed by atoms with Gasteiger partial charge in [-0.2, -0.15) is 0 Å². The van der Waals surface area contributed by atoms with Crippen molar-refractivity contribution in [1.82, 2.24) is 4.90 Å². The molecular weight excluding hydrogens is 366 g/mol. The van der Waals surface area contributed by atoms with Crippen LogP contribution in [0.4, 0.5) is 11.4 Å². The molecule has 1 atom stereocenters. The smallest absolute Gasteiger partial charge is 0.255 e. The van der Waals surface area contributed by atoms with Crippen molar-refractivity contribution in [3.63, 3.8) is 0 Å². The molecule has 6 heteroatoms. The summed E-state index contributed by atoms with van der Waals surface area (Å²) in [5, 5.41) is 5.80. The summed E-state index contributed by atoms with van der Waals surface area (Å²) in [7, 11) is 1.56. The highest BCUT2D eigenvalue weighted by atomic mass is 16.5.